The number of anilines is 1. The van der Waals surface area contributed by atoms with Crippen LogP contribution >= 0.6 is 11.6 Å². The van der Waals surface area contributed by atoms with Gasteiger partial charge in [-0.3, -0.25) is 0 Å². The lowest BCUT2D eigenvalue weighted by Gasteiger charge is -2.18. The van der Waals surface area contributed by atoms with E-state index >= 15 is 0 Å². The van der Waals surface area contributed by atoms with E-state index in [9.17, 15) is 8.78 Å². The van der Waals surface area contributed by atoms with Crippen molar-refractivity contribution in [3.8, 4) is 0 Å². The van der Waals surface area contributed by atoms with Gasteiger partial charge in [0.25, 0.3) is 0 Å². The zero-order valence-corrected chi connectivity index (χ0v) is 17.2. The number of nitrogens with zero attached hydrogens (tertiary/aromatic N) is 3. The van der Waals surface area contributed by atoms with Gasteiger partial charge in [-0.2, -0.15) is 0 Å². The van der Waals surface area contributed by atoms with Gasteiger partial charge in [-0.25, -0.2) is 18.7 Å². The highest BCUT2D eigenvalue weighted by atomic mass is 35.5. The maximum Gasteiger partial charge on any atom is 0.159 e. The predicted octanol–water partition coefficient (Wildman–Crippen LogP) is 5.49. The molecule has 0 aliphatic rings. The molecule has 0 amide bonds. The Morgan fingerprint density at radius 2 is 1.79 bits per heavy atom. The average molecular weight is 417 g/mol. The first-order valence-electron chi connectivity index (χ1n) is 9.56. The number of aromatic nitrogens is 2. The number of likely N-dealkylation sites (N-methyl/N-ethyl adjacent to an activating group) is 1. The molecule has 2 aromatic carbocycles. The van der Waals surface area contributed by atoms with Gasteiger partial charge in [-0.1, -0.05) is 37.6 Å². The summed E-state index contributed by atoms with van der Waals surface area (Å²) in [5.74, 6) is -0.606. The standard InChI is InChI=1S/C22H23ClF2N4/c1-3-29(4-2)12-11-26-22-17-14-16(23)7-9-20(17)27-21(28-22)10-6-15-5-8-18(24)19(25)13-15/h5-10,13-14H,3-4,11-12H2,1-2H3,(H,26,27,28). The molecule has 0 aliphatic carbocycles. The molecule has 0 atom stereocenters. The number of fused-ring (bicyclic) bond motifs is 1. The van der Waals surface area contributed by atoms with E-state index in [2.05, 4.69) is 34.0 Å². The lowest BCUT2D eigenvalue weighted by Crippen LogP contribution is -2.28. The molecule has 0 saturated carbocycles. The molecule has 1 N–H and O–H groups in total. The third-order valence-electron chi connectivity index (χ3n) is 4.66. The van der Waals surface area contributed by atoms with Gasteiger partial charge >= 0.3 is 0 Å². The van der Waals surface area contributed by atoms with E-state index in [0.29, 0.717) is 22.2 Å². The van der Waals surface area contributed by atoms with Crippen LogP contribution in [0, 0.1) is 11.6 Å². The lowest BCUT2D eigenvalue weighted by molar-refractivity contribution is 0.316. The molecule has 0 aliphatic heterocycles. The molecule has 0 bridgehead atoms. The number of hydrogen-bond donors (Lipinski definition) is 1. The Labute approximate surface area is 174 Å². The first-order chi connectivity index (χ1) is 14.0. The Kier molecular flexibility index (Phi) is 7.12. The van der Waals surface area contributed by atoms with Crippen LogP contribution < -0.4 is 5.32 Å². The highest BCUT2D eigenvalue weighted by Crippen LogP contribution is 2.24. The summed E-state index contributed by atoms with van der Waals surface area (Å²) in [7, 11) is 0. The summed E-state index contributed by atoms with van der Waals surface area (Å²) >= 11 is 6.16. The van der Waals surface area contributed by atoms with E-state index in [1.807, 2.05) is 12.1 Å². The van der Waals surface area contributed by atoms with E-state index in [-0.39, 0.29) is 0 Å². The van der Waals surface area contributed by atoms with Crippen LogP contribution in [0.1, 0.15) is 25.2 Å². The zero-order chi connectivity index (χ0) is 20.8. The molecule has 0 unspecified atom stereocenters. The summed E-state index contributed by atoms with van der Waals surface area (Å²) in [6, 6.07) is 9.18. The predicted molar refractivity (Wildman–Crippen MR) is 116 cm³/mol. The van der Waals surface area contributed by atoms with Crippen LogP contribution in [0.15, 0.2) is 36.4 Å². The summed E-state index contributed by atoms with van der Waals surface area (Å²) in [5.41, 5.74) is 1.28. The van der Waals surface area contributed by atoms with Crippen LogP contribution in [0.4, 0.5) is 14.6 Å². The van der Waals surface area contributed by atoms with E-state index in [1.54, 1.807) is 18.2 Å². The number of hydrogen-bond acceptors (Lipinski definition) is 4. The van der Waals surface area contributed by atoms with Crippen LogP contribution in [-0.4, -0.2) is 41.0 Å². The molecule has 0 saturated heterocycles. The van der Waals surface area contributed by atoms with Crippen LogP contribution in [0.2, 0.25) is 5.02 Å². The van der Waals surface area contributed by atoms with Crippen molar-refractivity contribution in [1.29, 1.82) is 0 Å². The SMILES string of the molecule is CCN(CC)CCNc1nc(C=Cc2ccc(F)c(F)c2)nc2ccc(Cl)cc12. The van der Waals surface area contributed by atoms with Crippen LogP contribution in [0.3, 0.4) is 0 Å². The molecule has 1 aromatic heterocycles. The molecule has 4 nitrogen and oxygen atoms in total. The molecular weight excluding hydrogens is 394 g/mol. The molecule has 29 heavy (non-hydrogen) atoms. The quantitative estimate of drug-likeness (QED) is 0.527. The molecule has 0 fully saturated rings. The molecule has 0 spiro atoms. The first-order valence-corrected chi connectivity index (χ1v) is 9.94. The molecule has 0 radical (unpaired) electrons. The van der Waals surface area contributed by atoms with Gasteiger partial charge < -0.3 is 10.2 Å². The van der Waals surface area contributed by atoms with Gasteiger partial charge in [0.15, 0.2) is 17.5 Å². The normalized spacial score (nSPS) is 11.7. The summed E-state index contributed by atoms with van der Waals surface area (Å²) in [4.78, 5) is 11.4. The second-order valence-corrected chi connectivity index (χ2v) is 6.99. The van der Waals surface area contributed by atoms with E-state index in [1.165, 1.54) is 6.07 Å². The summed E-state index contributed by atoms with van der Waals surface area (Å²) in [5, 5.41) is 4.82. The third-order valence-corrected chi connectivity index (χ3v) is 4.89. The maximum atomic E-state index is 13.4. The second kappa shape index (κ2) is 9.76. The van der Waals surface area contributed by atoms with Gasteiger partial charge in [0.1, 0.15) is 5.82 Å². The lowest BCUT2D eigenvalue weighted by atomic mass is 10.2. The van der Waals surface area contributed by atoms with E-state index in [4.69, 9.17) is 11.6 Å². The molecule has 152 valence electrons. The van der Waals surface area contributed by atoms with Crippen LogP contribution in [-0.2, 0) is 0 Å². The topological polar surface area (TPSA) is 41.0 Å². The number of nitrogens with one attached hydrogen (secondary N) is 1. The van der Waals surface area contributed by atoms with Crippen molar-refractivity contribution in [3.63, 3.8) is 0 Å². The van der Waals surface area contributed by atoms with Gasteiger partial charge in [-0.15, -0.1) is 0 Å². The zero-order valence-electron chi connectivity index (χ0n) is 16.4. The van der Waals surface area contributed by atoms with E-state index < -0.39 is 11.6 Å². The van der Waals surface area contributed by atoms with Crippen molar-refractivity contribution >= 4 is 40.5 Å². The van der Waals surface area contributed by atoms with Crippen molar-refractivity contribution in [2.24, 2.45) is 0 Å². The Balaban J connectivity index is 1.88. The second-order valence-electron chi connectivity index (χ2n) is 6.55. The highest BCUT2D eigenvalue weighted by molar-refractivity contribution is 6.31. The van der Waals surface area contributed by atoms with Crippen molar-refractivity contribution in [2.75, 3.05) is 31.5 Å². The van der Waals surface area contributed by atoms with Crippen molar-refractivity contribution in [3.05, 3.63) is 64.4 Å². The number of benzene rings is 2. The highest BCUT2D eigenvalue weighted by Gasteiger charge is 2.08. The Morgan fingerprint density at radius 1 is 1.00 bits per heavy atom. The largest absolute Gasteiger partial charge is 0.368 e. The van der Waals surface area contributed by atoms with E-state index in [0.717, 1.165) is 49.2 Å². The third kappa shape index (κ3) is 5.49. The fraction of sp³-hybridized carbons (Fsp3) is 0.273. The Hall–Kier alpha value is -2.57. The summed E-state index contributed by atoms with van der Waals surface area (Å²) in [6.07, 6.45) is 3.33. The molecule has 3 rings (SSSR count). The minimum Gasteiger partial charge on any atom is -0.368 e. The molecule has 7 heteroatoms. The van der Waals surface area contributed by atoms with Crippen molar-refractivity contribution in [2.45, 2.75) is 13.8 Å². The first kappa shape index (κ1) is 21.1. The van der Waals surface area contributed by atoms with Gasteiger partial charge in [0, 0.05) is 23.5 Å². The van der Waals surface area contributed by atoms with Gasteiger partial charge in [0.05, 0.1) is 5.52 Å². The summed E-state index contributed by atoms with van der Waals surface area (Å²) in [6.45, 7) is 7.84. The smallest absolute Gasteiger partial charge is 0.159 e. The van der Waals surface area contributed by atoms with Gasteiger partial charge in [-0.05, 0) is 55.1 Å². The fourth-order valence-corrected chi connectivity index (χ4v) is 3.16. The Morgan fingerprint density at radius 3 is 2.52 bits per heavy atom. The monoisotopic (exact) mass is 416 g/mol. The van der Waals surface area contributed by atoms with Crippen molar-refractivity contribution in [1.82, 2.24) is 14.9 Å². The summed E-state index contributed by atoms with van der Waals surface area (Å²) < 4.78 is 26.5. The minimum absolute atomic E-state index is 0.467. The van der Waals surface area contributed by atoms with Crippen LogP contribution in [0.5, 0.6) is 0 Å². The number of rotatable bonds is 8. The van der Waals surface area contributed by atoms with Crippen molar-refractivity contribution < 1.29 is 8.78 Å². The maximum absolute atomic E-state index is 13.4. The molecule has 1 heterocycles. The number of halogens is 3. The van der Waals surface area contributed by atoms with Crippen LogP contribution in [0.25, 0.3) is 23.1 Å². The van der Waals surface area contributed by atoms with Gasteiger partial charge in [0.2, 0.25) is 0 Å². The minimum atomic E-state index is -0.889. The fourth-order valence-electron chi connectivity index (χ4n) is 2.99. The molecule has 3 aromatic rings. The molecular formula is C22H23ClF2N4. The Bertz CT molecular complexity index is 1020. The average Bonchev–Trinajstić information content (AvgIpc) is 2.72.